The lowest BCUT2D eigenvalue weighted by atomic mass is 10.1. The summed E-state index contributed by atoms with van der Waals surface area (Å²) in [5.74, 6) is -0.947. The highest BCUT2D eigenvalue weighted by molar-refractivity contribution is 5.95. The summed E-state index contributed by atoms with van der Waals surface area (Å²) in [7, 11) is 0. The summed E-state index contributed by atoms with van der Waals surface area (Å²) in [4.78, 5) is 42.2. The molecule has 154 valence electrons. The van der Waals surface area contributed by atoms with Crippen LogP contribution in [0, 0.1) is 6.92 Å². The van der Waals surface area contributed by atoms with Gasteiger partial charge in [-0.15, -0.1) is 0 Å². The van der Waals surface area contributed by atoms with E-state index in [9.17, 15) is 14.4 Å². The van der Waals surface area contributed by atoms with E-state index in [1.54, 1.807) is 54.0 Å². The predicted octanol–water partition coefficient (Wildman–Crippen LogP) is 2.90. The molecular formula is C23H23N3O4. The molecule has 1 fully saturated rings. The minimum atomic E-state index is -1.03. The average Bonchev–Trinajstić information content (AvgIpc) is 3.57. The molecule has 1 saturated carbocycles. The predicted molar refractivity (Wildman–Crippen MR) is 112 cm³/mol. The van der Waals surface area contributed by atoms with Crippen molar-refractivity contribution in [3.05, 3.63) is 75.7 Å². The highest BCUT2D eigenvalue weighted by atomic mass is 16.5. The Hall–Kier alpha value is -3.48. The second-order valence-electron chi connectivity index (χ2n) is 7.43. The minimum Gasteiger partial charge on any atom is -0.444 e. The van der Waals surface area contributed by atoms with Gasteiger partial charge in [0, 0.05) is 18.2 Å². The largest absolute Gasteiger partial charge is 0.444 e. The number of fused-ring (bicyclic) bond motifs is 1. The molecule has 1 heterocycles. The van der Waals surface area contributed by atoms with Crippen LogP contribution >= 0.6 is 0 Å². The van der Waals surface area contributed by atoms with Crippen LogP contribution in [-0.2, 0) is 16.1 Å². The number of aryl methyl sites for hydroxylation is 2. The van der Waals surface area contributed by atoms with Gasteiger partial charge in [0.1, 0.15) is 5.69 Å². The molecule has 4 rings (SSSR count). The Morgan fingerprint density at radius 3 is 2.60 bits per heavy atom. The van der Waals surface area contributed by atoms with Crippen molar-refractivity contribution in [2.75, 3.05) is 0 Å². The average molecular weight is 405 g/mol. The first-order valence-corrected chi connectivity index (χ1v) is 10.1. The SMILES string of the molecule is CCn1c(=O)c(C)nc2cc(C(=O)O[C@H](C(=O)NC3CC3)c3ccccc3)ccc21. The first kappa shape index (κ1) is 19.8. The van der Waals surface area contributed by atoms with E-state index in [0.29, 0.717) is 28.8 Å². The second-order valence-corrected chi connectivity index (χ2v) is 7.43. The van der Waals surface area contributed by atoms with Crippen LogP contribution in [0.2, 0.25) is 0 Å². The van der Waals surface area contributed by atoms with Crippen LogP contribution in [0.1, 0.15) is 47.5 Å². The number of aromatic nitrogens is 2. The first-order valence-electron chi connectivity index (χ1n) is 10.1. The molecule has 1 amide bonds. The first-order chi connectivity index (χ1) is 14.5. The van der Waals surface area contributed by atoms with Crippen molar-refractivity contribution in [2.24, 2.45) is 0 Å². The van der Waals surface area contributed by atoms with E-state index in [0.717, 1.165) is 12.8 Å². The van der Waals surface area contributed by atoms with Gasteiger partial charge in [0.25, 0.3) is 11.5 Å². The molecule has 1 atom stereocenters. The van der Waals surface area contributed by atoms with Crippen LogP contribution in [0.25, 0.3) is 11.0 Å². The number of benzene rings is 2. The van der Waals surface area contributed by atoms with Crippen molar-refractivity contribution >= 4 is 22.9 Å². The van der Waals surface area contributed by atoms with Crippen LogP contribution in [0.15, 0.2) is 53.3 Å². The Balaban J connectivity index is 1.65. The number of rotatable bonds is 6. The van der Waals surface area contributed by atoms with E-state index in [4.69, 9.17) is 4.74 Å². The van der Waals surface area contributed by atoms with E-state index in [1.165, 1.54) is 0 Å². The molecule has 7 heteroatoms. The minimum absolute atomic E-state index is 0.152. The van der Waals surface area contributed by atoms with Crippen molar-refractivity contribution in [2.45, 2.75) is 45.4 Å². The summed E-state index contributed by atoms with van der Waals surface area (Å²) < 4.78 is 7.24. The van der Waals surface area contributed by atoms with E-state index in [-0.39, 0.29) is 23.1 Å². The standard InChI is InChI=1S/C23H23N3O4/c1-3-26-19-12-9-16(13-18(19)24-14(2)22(26)28)23(29)30-20(15-7-5-4-6-8-15)21(27)25-17-10-11-17/h4-9,12-13,17,20H,3,10-11H2,1-2H3,(H,25,27)/t20-/m0/s1. The van der Waals surface area contributed by atoms with Gasteiger partial charge in [-0.05, 0) is 44.9 Å². The number of nitrogens with one attached hydrogen (secondary N) is 1. The van der Waals surface area contributed by atoms with Crippen LogP contribution in [0.5, 0.6) is 0 Å². The van der Waals surface area contributed by atoms with Gasteiger partial charge in [-0.3, -0.25) is 9.59 Å². The summed E-state index contributed by atoms with van der Waals surface area (Å²) in [6.45, 7) is 4.03. The van der Waals surface area contributed by atoms with Crippen molar-refractivity contribution in [3.8, 4) is 0 Å². The molecule has 0 spiro atoms. The molecule has 3 aromatic rings. The number of ether oxygens (including phenoxy) is 1. The lowest BCUT2D eigenvalue weighted by Gasteiger charge is -2.18. The molecule has 1 aromatic heterocycles. The Morgan fingerprint density at radius 1 is 1.20 bits per heavy atom. The maximum atomic E-state index is 12.9. The maximum absolute atomic E-state index is 12.9. The number of nitrogens with zero attached hydrogens (tertiary/aromatic N) is 2. The zero-order valence-corrected chi connectivity index (χ0v) is 16.9. The summed E-state index contributed by atoms with van der Waals surface area (Å²) in [6.07, 6.45) is 0.848. The van der Waals surface area contributed by atoms with Gasteiger partial charge in [0.05, 0.1) is 16.6 Å². The van der Waals surface area contributed by atoms with E-state index < -0.39 is 12.1 Å². The van der Waals surface area contributed by atoms with Gasteiger partial charge in [0.15, 0.2) is 0 Å². The van der Waals surface area contributed by atoms with Crippen molar-refractivity contribution in [1.82, 2.24) is 14.9 Å². The third-order valence-electron chi connectivity index (χ3n) is 5.15. The van der Waals surface area contributed by atoms with Gasteiger partial charge in [0.2, 0.25) is 6.10 Å². The summed E-state index contributed by atoms with van der Waals surface area (Å²) in [5.41, 5.74) is 2.27. The number of hydrogen-bond donors (Lipinski definition) is 1. The Labute approximate surface area is 173 Å². The zero-order valence-electron chi connectivity index (χ0n) is 16.9. The van der Waals surface area contributed by atoms with Gasteiger partial charge < -0.3 is 14.6 Å². The molecule has 0 aliphatic heterocycles. The normalized spacial score (nSPS) is 14.3. The van der Waals surface area contributed by atoms with Crippen LogP contribution < -0.4 is 10.9 Å². The van der Waals surface area contributed by atoms with Crippen LogP contribution in [-0.4, -0.2) is 27.5 Å². The van der Waals surface area contributed by atoms with Crippen LogP contribution in [0.3, 0.4) is 0 Å². The Kier molecular flexibility index (Phi) is 5.35. The van der Waals surface area contributed by atoms with Crippen LogP contribution in [0.4, 0.5) is 0 Å². The molecule has 0 unspecified atom stereocenters. The molecule has 0 saturated heterocycles. The molecule has 1 aliphatic rings. The maximum Gasteiger partial charge on any atom is 0.339 e. The third kappa shape index (κ3) is 3.96. The van der Waals surface area contributed by atoms with E-state index in [1.807, 2.05) is 13.0 Å². The fourth-order valence-corrected chi connectivity index (χ4v) is 3.40. The summed E-state index contributed by atoms with van der Waals surface area (Å²) in [5, 5.41) is 2.90. The molecule has 1 aliphatic carbocycles. The smallest absolute Gasteiger partial charge is 0.339 e. The topological polar surface area (TPSA) is 90.3 Å². The molecule has 2 aromatic carbocycles. The molecule has 7 nitrogen and oxygen atoms in total. The van der Waals surface area contributed by atoms with Gasteiger partial charge in [-0.25, -0.2) is 9.78 Å². The van der Waals surface area contributed by atoms with Gasteiger partial charge >= 0.3 is 5.97 Å². The zero-order chi connectivity index (χ0) is 21.3. The number of hydrogen-bond acceptors (Lipinski definition) is 5. The van der Waals surface area contributed by atoms with Crippen molar-refractivity contribution < 1.29 is 14.3 Å². The van der Waals surface area contributed by atoms with Gasteiger partial charge in [-0.1, -0.05) is 30.3 Å². The summed E-state index contributed by atoms with van der Waals surface area (Å²) >= 11 is 0. The Bertz CT molecular complexity index is 1170. The fourth-order valence-electron chi connectivity index (χ4n) is 3.40. The number of esters is 1. The number of carbonyl (C=O) groups excluding carboxylic acids is 2. The second kappa shape index (κ2) is 8.10. The molecular weight excluding hydrogens is 382 g/mol. The highest BCUT2D eigenvalue weighted by Gasteiger charge is 2.31. The van der Waals surface area contributed by atoms with Crippen molar-refractivity contribution in [1.29, 1.82) is 0 Å². The summed E-state index contributed by atoms with van der Waals surface area (Å²) in [6, 6.07) is 14.0. The number of amides is 1. The number of carbonyl (C=O) groups is 2. The molecule has 0 radical (unpaired) electrons. The molecule has 30 heavy (non-hydrogen) atoms. The van der Waals surface area contributed by atoms with E-state index in [2.05, 4.69) is 10.3 Å². The Morgan fingerprint density at radius 2 is 1.93 bits per heavy atom. The lowest BCUT2D eigenvalue weighted by Crippen LogP contribution is -2.33. The molecule has 1 N–H and O–H groups in total. The van der Waals surface area contributed by atoms with E-state index >= 15 is 0 Å². The van der Waals surface area contributed by atoms with Gasteiger partial charge in [-0.2, -0.15) is 0 Å². The monoisotopic (exact) mass is 405 g/mol. The quantitative estimate of drug-likeness (QED) is 0.637. The highest BCUT2D eigenvalue weighted by Crippen LogP contribution is 2.24. The fraction of sp³-hybridized carbons (Fsp3) is 0.304. The third-order valence-corrected chi connectivity index (χ3v) is 5.15. The van der Waals surface area contributed by atoms with Crippen molar-refractivity contribution in [3.63, 3.8) is 0 Å². The lowest BCUT2D eigenvalue weighted by molar-refractivity contribution is -0.130. The molecule has 0 bridgehead atoms.